The average molecular weight is 155 g/mol. The molecular formula is C10H21N. The molecule has 1 aliphatic carbocycles. The van der Waals surface area contributed by atoms with Crippen LogP contribution in [0.25, 0.3) is 0 Å². The minimum Gasteiger partial charge on any atom is -0.300 e. The van der Waals surface area contributed by atoms with E-state index in [1.165, 1.54) is 25.7 Å². The van der Waals surface area contributed by atoms with Crippen LogP contribution in [0.5, 0.6) is 0 Å². The van der Waals surface area contributed by atoms with E-state index < -0.39 is 0 Å². The van der Waals surface area contributed by atoms with Crippen LogP contribution in [0, 0.1) is 5.92 Å². The number of nitrogens with zero attached hydrogens (tertiary/aromatic N) is 1. The molecule has 0 amide bonds. The summed E-state index contributed by atoms with van der Waals surface area (Å²) in [7, 11) is 2.29. The van der Waals surface area contributed by atoms with Gasteiger partial charge in [0.1, 0.15) is 0 Å². The first-order valence-corrected chi connectivity index (χ1v) is 4.51. The molecule has 0 aromatic heterocycles. The Balaban J connectivity index is 0.000000605. The van der Waals surface area contributed by atoms with Crippen molar-refractivity contribution in [3.63, 3.8) is 0 Å². The monoisotopic (exact) mass is 155 g/mol. The quantitative estimate of drug-likeness (QED) is 0.519. The third kappa shape index (κ3) is 1.31. The highest BCUT2D eigenvalue weighted by molar-refractivity contribution is 4.93. The van der Waals surface area contributed by atoms with E-state index >= 15 is 0 Å². The van der Waals surface area contributed by atoms with Crippen LogP contribution in [0.15, 0.2) is 0 Å². The lowest BCUT2D eigenvalue weighted by Crippen LogP contribution is -2.30. The molecule has 1 saturated carbocycles. The van der Waals surface area contributed by atoms with Crippen molar-refractivity contribution in [3.05, 3.63) is 0 Å². The first-order chi connectivity index (χ1) is 4.79. The molecule has 3 unspecified atom stereocenters. The molecule has 1 heteroatoms. The van der Waals surface area contributed by atoms with Gasteiger partial charge in [0, 0.05) is 12.1 Å². The van der Waals surface area contributed by atoms with Crippen LogP contribution in [0.3, 0.4) is 0 Å². The van der Waals surface area contributed by atoms with Crippen LogP contribution in [0.1, 0.15) is 40.0 Å². The maximum atomic E-state index is 2.58. The smallest absolute Gasteiger partial charge is 0.0124 e. The summed E-state index contributed by atoms with van der Waals surface area (Å²) in [4.78, 5) is 2.58. The van der Waals surface area contributed by atoms with Gasteiger partial charge in [-0.2, -0.15) is 0 Å². The Bertz CT molecular complexity index is 131. The number of likely N-dealkylation sites (tertiary alicyclic amines) is 1. The van der Waals surface area contributed by atoms with E-state index in [9.17, 15) is 0 Å². The Morgan fingerprint density at radius 2 is 2.00 bits per heavy atom. The molecule has 0 aromatic carbocycles. The summed E-state index contributed by atoms with van der Waals surface area (Å²) in [5, 5.41) is 0. The minimum absolute atomic E-state index is 0. The fourth-order valence-electron chi connectivity index (χ4n) is 2.76. The lowest BCUT2D eigenvalue weighted by atomic mass is 10.0. The molecule has 1 saturated heterocycles. The van der Waals surface area contributed by atoms with Crippen molar-refractivity contribution in [1.82, 2.24) is 4.90 Å². The predicted molar refractivity (Wildman–Crippen MR) is 49.7 cm³/mol. The Labute approximate surface area is 70.8 Å². The highest BCUT2D eigenvalue weighted by Crippen LogP contribution is 2.39. The molecule has 2 fully saturated rings. The molecule has 1 aliphatic heterocycles. The fraction of sp³-hybridized carbons (Fsp3) is 1.00. The summed E-state index contributed by atoms with van der Waals surface area (Å²) in [6.07, 6.45) is 5.90. The second-order valence-corrected chi connectivity index (χ2v) is 4.01. The maximum Gasteiger partial charge on any atom is 0.0124 e. The van der Waals surface area contributed by atoms with Crippen molar-refractivity contribution in [3.8, 4) is 0 Å². The van der Waals surface area contributed by atoms with E-state index in [1.54, 1.807) is 0 Å². The van der Waals surface area contributed by atoms with Gasteiger partial charge in [-0.05, 0) is 39.2 Å². The minimum atomic E-state index is 0. The lowest BCUT2D eigenvalue weighted by molar-refractivity contribution is 0.245. The van der Waals surface area contributed by atoms with E-state index in [1.807, 2.05) is 0 Å². The second-order valence-electron chi connectivity index (χ2n) is 4.01. The summed E-state index contributed by atoms with van der Waals surface area (Å²) >= 11 is 0. The Morgan fingerprint density at radius 1 is 1.27 bits per heavy atom. The summed E-state index contributed by atoms with van der Waals surface area (Å²) in [5.74, 6) is 1.06. The topological polar surface area (TPSA) is 3.24 Å². The highest BCUT2D eigenvalue weighted by Gasteiger charge is 2.39. The summed E-state index contributed by atoms with van der Waals surface area (Å²) < 4.78 is 0. The van der Waals surface area contributed by atoms with Crippen molar-refractivity contribution in [1.29, 1.82) is 0 Å². The molecule has 0 radical (unpaired) electrons. The molecular weight excluding hydrogens is 134 g/mol. The van der Waals surface area contributed by atoms with Crippen molar-refractivity contribution in [2.45, 2.75) is 52.1 Å². The predicted octanol–water partition coefficient (Wildman–Crippen LogP) is 2.52. The Kier molecular flexibility index (Phi) is 2.58. The summed E-state index contributed by atoms with van der Waals surface area (Å²) in [6, 6.07) is 1.81. The van der Waals surface area contributed by atoms with Crippen molar-refractivity contribution in [2.24, 2.45) is 5.92 Å². The first kappa shape index (κ1) is 9.05. The lowest BCUT2D eigenvalue weighted by Gasteiger charge is -2.21. The third-order valence-corrected chi connectivity index (χ3v) is 3.48. The van der Waals surface area contributed by atoms with E-state index in [0.717, 1.165) is 18.0 Å². The zero-order valence-electron chi connectivity index (χ0n) is 7.01. The van der Waals surface area contributed by atoms with Crippen LogP contribution >= 0.6 is 0 Å². The first-order valence-electron chi connectivity index (χ1n) is 4.51. The molecule has 66 valence electrons. The third-order valence-electron chi connectivity index (χ3n) is 3.48. The molecule has 0 bridgehead atoms. The SMILES string of the molecule is C.CC1CC2CCCC2N1C. The molecule has 0 spiro atoms. The summed E-state index contributed by atoms with van der Waals surface area (Å²) in [6.45, 7) is 2.36. The van der Waals surface area contributed by atoms with Gasteiger partial charge in [0.25, 0.3) is 0 Å². The number of hydrogen-bond acceptors (Lipinski definition) is 1. The van der Waals surface area contributed by atoms with Crippen LogP contribution in [0.2, 0.25) is 0 Å². The number of fused-ring (bicyclic) bond motifs is 1. The van der Waals surface area contributed by atoms with Gasteiger partial charge in [-0.15, -0.1) is 0 Å². The largest absolute Gasteiger partial charge is 0.300 e. The van der Waals surface area contributed by atoms with Crippen molar-refractivity contribution < 1.29 is 0 Å². The molecule has 0 N–H and O–H groups in total. The van der Waals surface area contributed by atoms with Crippen LogP contribution in [-0.4, -0.2) is 24.0 Å². The van der Waals surface area contributed by atoms with Gasteiger partial charge in [-0.1, -0.05) is 13.8 Å². The molecule has 2 rings (SSSR count). The van der Waals surface area contributed by atoms with E-state index in [2.05, 4.69) is 18.9 Å². The van der Waals surface area contributed by atoms with Gasteiger partial charge in [0.05, 0.1) is 0 Å². The second kappa shape index (κ2) is 3.14. The van der Waals surface area contributed by atoms with Crippen LogP contribution in [-0.2, 0) is 0 Å². The van der Waals surface area contributed by atoms with E-state index in [0.29, 0.717) is 0 Å². The zero-order chi connectivity index (χ0) is 7.14. The van der Waals surface area contributed by atoms with Gasteiger partial charge in [0.15, 0.2) is 0 Å². The van der Waals surface area contributed by atoms with Crippen LogP contribution in [0.4, 0.5) is 0 Å². The summed E-state index contributed by atoms with van der Waals surface area (Å²) in [5.41, 5.74) is 0. The Hall–Kier alpha value is -0.0400. The Morgan fingerprint density at radius 3 is 2.64 bits per heavy atom. The molecule has 0 aromatic rings. The highest BCUT2D eigenvalue weighted by atomic mass is 15.2. The molecule has 11 heavy (non-hydrogen) atoms. The molecule has 3 atom stereocenters. The van der Waals surface area contributed by atoms with Gasteiger partial charge in [0.2, 0.25) is 0 Å². The molecule has 1 nitrogen and oxygen atoms in total. The average Bonchev–Trinajstić information content (AvgIpc) is 2.41. The fourth-order valence-corrected chi connectivity index (χ4v) is 2.76. The van der Waals surface area contributed by atoms with Gasteiger partial charge in [-0.3, -0.25) is 0 Å². The van der Waals surface area contributed by atoms with Crippen molar-refractivity contribution >= 4 is 0 Å². The normalized spacial score (nSPS) is 43.6. The maximum absolute atomic E-state index is 2.58. The zero-order valence-corrected chi connectivity index (χ0v) is 7.01. The van der Waals surface area contributed by atoms with Crippen LogP contribution < -0.4 is 0 Å². The van der Waals surface area contributed by atoms with Gasteiger partial charge in [-0.25, -0.2) is 0 Å². The molecule has 1 heterocycles. The van der Waals surface area contributed by atoms with Gasteiger partial charge >= 0.3 is 0 Å². The van der Waals surface area contributed by atoms with E-state index in [4.69, 9.17) is 0 Å². The molecule has 2 aliphatic rings. The standard InChI is InChI=1S/C9H17N.CH4/c1-7-6-8-4-3-5-9(8)10(7)2;/h7-9H,3-6H2,1-2H3;1H4. The number of rotatable bonds is 0. The number of hydrogen-bond donors (Lipinski definition) is 0. The van der Waals surface area contributed by atoms with E-state index in [-0.39, 0.29) is 7.43 Å². The van der Waals surface area contributed by atoms with Gasteiger partial charge < -0.3 is 4.90 Å². The van der Waals surface area contributed by atoms with Crippen molar-refractivity contribution in [2.75, 3.05) is 7.05 Å².